The maximum atomic E-state index is 13.4. The minimum atomic E-state index is -3.69. The Morgan fingerprint density at radius 1 is 1.12 bits per heavy atom. The number of para-hydroxylation sites is 1. The predicted molar refractivity (Wildman–Crippen MR) is 135 cm³/mol. The van der Waals surface area contributed by atoms with E-state index in [9.17, 15) is 18.0 Å². The van der Waals surface area contributed by atoms with Crippen molar-refractivity contribution in [2.75, 3.05) is 18.0 Å². The van der Waals surface area contributed by atoms with E-state index in [-0.39, 0.29) is 27.6 Å². The highest BCUT2D eigenvalue weighted by atomic mass is 32.2. The number of hydrogen-bond acceptors (Lipinski definition) is 5. The summed E-state index contributed by atoms with van der Waals surface area (Å²) in [5, 5.41) is 0. The molecule has 2 aliphatic rings. The standard InChI is InChI=1S/C25H29N3O4S2/c1-3-12-27-22-9-8-20(16-23(22)33-25(27)30)34(31,32)26-13-10-18(11-14-26)24(29)28-17(2)15-19-6-4-5-7-21(19)28/h4-9,16-18H,3,10-15H2,1-2H3/t17-/m0/s1. The monoisotopic (exact) mass is 499 g/mol. The molecule has 2 aliphatic heterocycles. The zero-order valence-corrected chi connectivity index (χ0v) is 21.1. The Balaban J connectivity index is 1.31. The second-order valence-electron chi connectivity index (χ2n) is 9.22. The Bertz CT molecular complexity index is 1400. The maximum absolute atomic E-state index is 13.4. The van der Waals surface area contributed by atoms with E-state index in [0.29, 0.717) is 37.2 Å². The van der Waals surface area contributed by atoms with Crippen LogP contribution in [0.3, 0.4) is 0 Å². The van der Waals surface area contributed by atoms with Crippen LogP contribution in [0.15, 0.2) is 52.2 Å². The van der Waals surface area contributed by atoms with Gasteiger partial charge in [-0.1, -0.05) is 36.5 Å². The van der Waals surface area contributed by atoms with Gasteiger partial charge in [0.1, 0.15) is 0 Å². The fourth-order valence-electron chi connectivity index (χ4n) is 5.23. The number of hydrogen-bond donors (Lipinski definition) is 0. The van der Waals surface area contributed by atoms with Gasteiger partial charge >= 0.3 is 4.87 Å². The van der Waals surface area contributed by atoms with Crippen LogP contribution in [-0.4, -0.2) is 42.3 Å². The number of nitrogens with zero attached hydrogens (tertiary/aromatic N) is 3. The Labute approximate surface area is 203 Å². The number of carbonyl (C=O) groups excluding carboxylic acids is 1. The molecule has 2 aromatic carbocycles. The first kappa shape index (κ1) is 23.3. The first-order chi connectivity index (χ1) is 16.3. The van der Waals surface area contributed by atoms with Gasteiger partial charge in [0.15, 0.2) is 0 Å². The summed E-state index contributed by atoms with van der Waals surface area (Å²) in [6, 6.07) is 13.1. The highest BCUT2D eigenvalue weighted by molar-refractivity contribution is 7.89. The molecule has 0 bridgehead atoms. The Morgan fingerprint density at radius 3 is 2.59 bits per heavy atom. The lowest BCUT2D eigenvalue weighted by Gasteiger charge is -2.34. The summed E-state index contributed by atoms with van der Waals surface area (Å²) in [6.45, 7) is 5.32. The van der Waals surface area contributed by atoms with Gasteiger partial charge in [-0.2, -0.15) is 4.31 Å². The van der Waals surface area contributed by atoms with Crippen LogP contribution >= 0.6 is 11.3 Å². The van der Waals surface area contributed by atoms with Crippen LogP contribution in [0.4, 0.5) is 5.69 Å². The smallest absolute Gasteiger partial charge is 0.308 e. The van der Waals surface area contributed by atoms with Crippen molar-refractivity contribution in [2.45, 2.75) is 57.0 Å². The Morgan fingerprint density at radius 2 is 1.85 bits per heavy atom. The van der Waals surface area contributed by atoms with Crippen molar-refractivity contribution in [1.29, 1.82) is 0 Å². The van der Waals surface area contributed by atoms with Crippen LogP contribution in [0.25, 0.3) is 10.2 Å². The lowest BCUT2D eigenvalue weighted by molar-refractivity contribution is -0.123. The van der Waals surface area contributed by atoms with Crippen molar-refractivity contribution < 1.29 is 13.2 Å². The number of aryl methyl sites for hydroxylation is 1. The molecule has 1 amide bonds. The third kappa shape index (κ3) is 3.89. The van der Waals surface area contributed by atoms with Crippen molar-refractivity contribution in [3.63, 3.8) is 0 Å². The van der Waals surface area contributed by atoms with Gasteiger partial charge in [0, 0.05) is 37.3 Å². The molecule has 0 N–H and O–H groups in total. The van der Waals surface area contributed by atoms with Gasteiger partial charge in [-0.3, -0.25) is 14.2 Å². The zero-order valence-electron chi connectivity index (χ0n) is 19.4. The van der Waals surface area contributed by atoms with Crippen LogP contribution in [0.1, 0.15) is 38.7 Å². The third-order valence-corrected chi connectivity index (χ3v) is 9.81. The van der Waals surface area contributed by atoms with E-state index in [1.807, 2.05) is 30.0 Å². The average molecular weight is 500 g/mol. The van der Waals surface area contributed by atoms with E-state index >= 15 is 0 Å². The number of piperidine rings is 1. The molecule has 3 heterocycles. The van der Waals surface area contributed by atoms with Crippen LogP contribution < -0.4 is 9.77 Å². The predicted octanol–water partition coefficient (Wildman–Crippen LogP) is 3.85. The number of aromatic nitrogens is 1. The fourth-order valence-corrected chi connectivity index (χ4v) is 7.76. The molecule has 34 heavy (non-hydrogen) atoms. The Hall–Kier alpha value is -2.49. The van der Waals surface area contributed by atoms with Gasteiger partial charge in [0.2, 0.25) is 15.9 Å². The van der Waals surface area contributed by atoms with E-state index in [4.69, 9.17) is 0 Å². The first-order valence-electron chi connectivity index (χ1n) is 11.9. The van der Waals surface area contributed by atoms with Crippen LogP contribution in [0.2, 0.25) is 0 Å². The molecule has 1 saturated heterocycles. The van der Waals surface area contributed by atoms with E-state index in [2.05, 4.69) is 13.0 Å². The fraction of sp³-hybridized carbons (Fsp3) is 0.440. The van der Waals surface area contributed by atoms with Crippen molar-refractivity contribution in [1.82, 2.24) is 8.87 Å². The number of benzene rings is 2. The molecule has 7 nitrogen and oxygen atoms in total. The summed E-state index contributed by atoms with van der Waals surface area (Å²) in [6.07, 6.45) is 2.70. The minimum Gasteiger partial charge on any atom is -0.309 e. The second-order valence-corrected chi connectivity index (χ2v) is 12.1. The minimum absolute atomic E-state index is 0.0663. The maximum Gasteiger partial charge on any atom is 0.308 e. The normalized spacial score (nSPS) is 19.6. The van der Waals surface area contributed by atoms with Gasteiger partial charge < -0.3 is 4.90 Å². The molecule has 5 rings (SSSR count). The number of anilines is 1. The molecule has 9 heteroatoms. The Kier molecular flexibility index (Phi) is 6.12. The number of sulfonamides is 1. The average Bonchev–Trinajstić information content (AvgIpc) is 3.33. The lowest BCUT2D eigenvalue weighted by atomic mass is 9.96. The van der Waals surface area contributed by atoms with E-state index < -0.39 is 10.0 Å². The molecule has 3 aromatic rings. The number of thiazole rings is 1. The summed E-state index contributed by atoms with van der Waals surface area (Å²) in [4.78, 5) is 27.7. The van der Waals surface area contributed by atoms with Gasteiger partial charge in [0.25, 0.3) is 0 Å². The van der Waals surface area contributed by atoms with E-state index in [1.165, 1.54) is 9.87 Å². The lowest BCUT2D eigenvalue weighted by Crippen LogP contribution is -2.46. The number of fused-ring (bicyclic) bond motifs is 2. The molecule has 1 atom stereocenters. The van der Waals surface area contributed by atoms with Crippen LogP contribution in [0, 0.1) is 5.92 Å². The van der Waals surface area contributed by atoms with Gasteiger partial charge in [-0.05, 0) is 62.4 Å². The molecule has 0 spiro atoms. The van der Waals surface area contributed by atoms with Crippen LogP contribution in [-0.2, 0) is 27.8 Å². The number of amides is 1. The van der Waals surface area contributed by atoms with Gasteiger partial charge in [-0.25, -0.2) is 8.42 Å². The number of carbonyl (C=O) groups is 1. The molecule has 0 saturated carbocycles. The summed E-state index contributed by atoms with van der Waals surface area (Å²) in [5.41, 5.74) is 2.95. The second kappa shape index (κ2) is 8.94. The summed E-state index contributed by atoms with van der Waals surface area (Å²) in [7, 11) is -3.69. The van der Waals surface area contributed by atoms with Gasteiger partial charge in [0.05, 0.1) is 15.1 Å². The largest absolute Gasteiger partial charge is 0.309 e. The topological polar surface area (TPSA) is 79.7 Å². The molecule has 0 unspecified atom stereocenters. The summed E-state index contributed by atoms with van der Waals surface area (Å²) < 4.78 is 30.6. The third-order valence-electron chi connectivity index (χ3n) is 6.97. The van der Waals surface area contributed by atoms with Crippen molar-refractivity contribution >= 4 is 43.2 Å². The molecule has 0 radical (unpaired) electrons. The molecule has 1 fully saturated rings. The van der Waals surface area contributed by atoms with Crippen molar-refractivity contribution in [3.05, 3.63) is 57.7 Å². The highest BCUT2D eigenvalue weighted by Gasteiger charge is 2.38. The molecule has 1 aromatic heterocycles. The molecule has 0 aliphatic carbocycles. The zero-order chi connectivity index (χ0) is 24.0. The number of rotatable bonds is 5. The molecular formula is C25H29N3O4S2. The molecular weight excluding hydrogens is 470 g/mol. The molecule has 180 valence electrons. The summed E-state index contributed by atoms with van der Waals surface area (Å²) in [5.74, 6) is -0.0891. The quantitative estimate of drug-likeness (QED) is 0.534. The van der Waals surface area contributed by atoms with Crippen molar-refractivity contribution in [2.24, 2.45) is 5.92 Å². The van der Waals surface area contributed by atoms with Crippen molar-refractivity contribution in [3.8, 4) is 0 Å². The van der Waals surface area contributed by atoms with E-state index in [1.54, 1.807) is 22.8 Å². The highest BCUT2D eigenvalue weighted by Crippen LogP contribution is 2.35. The summed E-state index contributed by atoms with van der Waals surface area (Å²) >= 11 is 1.08. The van der Waals surface area contributed by atoms with Gasteiger partial charge in [-0.15, -0.1) is 0 Å². The van der Waals surface area contributed by atoms with E-state index in [0.717, 1.165) is 35.4 Å². The van der Waals surface area contributed by atoms with Crippen LogP contribution in [0.5, 0.6) is 0 Å². The SMILES string of the molecule is CCCn1c(=O)sc2cc(S(=O)(=O)N3CCC(C(=O)N4c5ccccc5C[C@@H]4C)CC3)ccc21. The first-order valence-corrected chi connectivity index (χ1v) is 14.1.